The molecule has 2 N–H and O–H groups in total. The third kappa shape index (κ3) is 3.59. The Morgan fingerprint density at radius 1 is 0.500 bits per heavy atom. The molecule has 0 saturated heterocycles. The molecular formula is C29H19N7. The summed E-state index contributed by atoms with van der Waals surface area (Å²) < 4.78 is 0. The molecule has 5 aromatic heterocycles. The molecule has 0 spiro atoms. The highest BCUT2D eigenvalue weighted by molar-refractivity contribution is 5.88. The monoisotopic (exact) mass is 465 g/mol. The molecular weight excluding hydrogens is 446 g/mol. The Hall–Kier alpha value is -5.17. The number of imidazole rings is 2. The second kappa shape index (κ2) is 8.25. The standard InChI is InChI=1S/C29H19N7/c1-2-13-31-22(5-1)23-9-8-21(17-32-23)29-34-25-11-7-19(15-27(25)36-29)18-6-10-24-26(14-18)35-28(33-24)20-4-3-12-30-16-20/h1-17H,(H,33,35)(H,34,36). The summed E-state index contributed by atoms with van der Waals surface area (Å²) in [6.07, 6.45) is 7.17. The number of benzene rings is 2. The van der Waals surface area contributed by atoms with Crippen LogP contribution >= 0.6 is 0 Å². The number of H-pyrrole nitrogens is 2. The van der Waals surface area contributed by atoms with Gasteiger partial charge in [-0.3, -0.25) is 15.0 Å². The topological polar surface area (TPSA) is 96.0 Å². The molecule has 0 unspecified atom stereocenters. The molecule has 7 rings (SSSR count). The van der Waals surface area contributed by atoms with Gasteiger partial charge in [-0.2, -0.15) is 0 Å². The van der Waals surface area contributed by atoms with E-state index in [1.807, 2.05) is 67.0 Å². The lowest BCUT2D eigenvalue weighted by molar-refractivity contribution is 1.23. The van der Waals surface area contributed by atoms with Crippen LogP contribution in [0.2, 0.25) is 0 Å². The minimum atomic E-state index is 0.785. The van der Waals surface area contributed by atoms with E-state index in [-0.39, 0.29) is 0 Å². The van der Waals surface area contributed by atoms with Crippen LogP contribution < -0.4 is 0 Å². The Bertz CT molecular complexity index is 1820. The summed E-state index contributed by atoms with van der Waals surface area (Å²) in [4.78, 5) is 29.5. The van der Waals surface area contributed by atoms with Gasteiger partial charge in [0.15, 0.2) is 0 Å². The highest BCUT2D eigenvalue weighted by Gasteiger charge is 2.10. The summed E-state index contributed by atoms with van der Waals surface area (Å²) in [5, 5.41) is 0. The van der Waals surface area contributed by atoms with E-state index in [1.54, 1.807) is 12.4 Å². The first-order chi connectivity index (χ1) is 17.8. The first-order valence-electron chi connectivity index (χ1n) is 11.6. The van der Waals surface area contributed by atoms with Crippen molar-refractivity contribution in [2.45, 2.75) is 0 Å². The maximum Gasteiger partial charge on any atom is 0.140 e. The number of fused-ring (bicyclic) bond motifs is 2. The molecule has 0 aliphatic heterocycles. The second-order valence-corrected chi connectivity index (χ2v) is 8.52. The van der Waals surface area contributed by atoms with Gasteiger partial charge in [0.25, 0.3) is 0 Å². The Balaban J connectivity index is 1.21. The predicted octanol–water partition coefficient (Wildman–Crippen LogP) is 6.29. The summed E-state index contributed by atoms with van der Waals surface area (Å²) in [7, 11) is 0. The van der Waals surface area contributed by atoms with Gasteiger partial charge in [0.05, 0.1) is 33.5 Å². The zero-order valence-electron chi connectivity index (χ0n) is 19.1. The van der Waals surface area contributed by atoms with Crippen molar-refractivity contribution in [3.05, 3.63) is 104 Å². The quantitative estimate of drug-likeness (QED) is 0.318. The highest BCUT2D eigenvalue weighted by Crippen LogP contribution is 2.29. The van der Waals surface area contributed by atoms with E-state index in [4.69, 9.17) is 9.97 Å². The van der Waals surface area contributed by atoms with Crippen LogP contribution in [0, 0.1) is 0 Å². The van der Waals surface area contributed by atoms with Gasteiger partial charge in [0.2, 0.25) is 0 Å². The van der Waals surface area contributed by atoms with Crippen molar-refractivity contribution >= 4 is 22.1 Å². The lowest BCUT2D eigenvalue weighted by Crippen LogP contribution is -1.88. The number of hydrogen-bond acceptors (Lipinski definition) is 5. The lowest BCUT2D eigenvalue weighted by atomic mass is 10.0. The predicted molar refractivity (Wildman–Crippen MR) is 141 cm³/mol. The molecule has 7 aromatic rings. The molecule has 36 heavy (non-hydrogen) atoms. The molecule has 0 fully saturated rings. The van der Waals surface area contributed by atoms with Crippen LogP contribution in [0.5, 0.6) is 0 Å². The van der Waals surface area contributed by atoms with E-state index in [0.29, 0.717) is 0 Å². The van der Waals surface area contributed by atoms with Gasteiger partial charge in [-0.15, -0.1) is 0 Å². The SMILES string of the molecule is c1ccc(-c2ccc(-c3nc4ccc(-c5ccc6nc(-c7cccnc7)[nH]c6c5)cc4[nH]3)cn2)nc1. The second-order valence-electron chi connectivity index (χ2n) is 8.52. The van der Waals surface area contributed by atoms with Gasteiger partial charge in [0, 0.05) is 35.9 Å². The van der Waals surface area contributed by atoms with Crippen LogP contribution in [-0.2, 0) is 0 Å². The number of nitrogens with zero attached hydrogens (tertiary/aromatic N) is 5. The summed E-state index contributed by atoms with van der Waals surface area (Å²) in [6, 6.07) is 26.2. The summed E-state index contributed by atoms with van der Waals surface area (Å²) in [5.41, 5.74) is 9.54. The van der Waals surface area contributed by atoms with Gasteiger partial charge in [-0.1, -0.05) is 18.2 Å². The summed E-state index contributed by atoms with van der Waals surface area (Å²) in [6.45, 7) is 0. The molecule has 0 saturated carbocycles. The average Bonchev–Trinajstić information content (AvgIpc) is 3.58. The molecule has 0 atom stereocenters. The Morgan fingerprint density at radius 2 is 1.17 bits per heavy atom. The van der Waals surface area contributed by atoms with E-state index in [2.05, 4.69) is 49.2 Å². The van der Waals surface area contributed by atoms with Crippen LogP contribution in [0.1, 0.15) is 0 Å². The maximum atomic E-state index is 4.77. The van der Waals surface area contributed by atoms with E-state index >= 15 is 0 Å². The Kier molecular flexibility index (Phi) is 4.63. The summed E-state index contributed by atoms with van der Waals surface area (Å²) in [5.74, 6) is 1.60. The molecule has 170 valence electrons. The number of nitrogens with one attached hydrogen (secondary N) is 2. The van der Waals surface area contributed by atoms with Gasteiger partial charge in [-0.25, -0.2) is 9.97 Å². The third-order valence-electron chi connectivity index (χ3n) is 6.20. The van der Waals surface area contributed by atoms with Crippen LogP contribution in [0.25, 0.3) is 67.4 Å². The van der Waals surface area contributed by atoms with Crippen LogP contribution in [0.4, 0.5) is 0 Å². The smallest absolute Gasteiger partial charge is 0.140 e. The highest BCUT2D eigenvalue weighted by atomic mass is 14.9. The molecule has 2 aromatic carbocycles. The Labute approximate surface area is 206 Å². The van der Waals surface area contributed by atoms with Gasteiger partial charge >= 0.3 is 0 Å². The minimum absolute atomic E-state index is 0.785. The fraction of sp³-hybridized carbons (Fsp3) is 0. The zero-order valence-corrected chi connectivity index (χ0v) is 19.1. The first-order valence-corrected chi connectivity index (χ1v) is 11.6. The Morgan fingerprint density at radius 3 is 1.75 bits per heavy atom. The van der Waals surface area contributed by atoms with Gasteiger partial charge < -0.3 is 9.97 Å². The van der Waals surface area contributed by atoms with Crippen molar-refractivity contribution in [3.63, 3.8) is 0 Å². The number of aromatic nitrogens is 7. The van der Waals surface area contributed by atoms with Crippen molar-refractivity contribution < 1.29 is 0 Å². The first kappa shape index (κ1) is 20.2. The van der Waals surface area contributed by atoms with Crippen molar-refractivity contribution in [2.24, 2.45) is 0 Å². The molecule has 0 amide bonds. The fourth-order valence-corrected chi connectivity index (χ4v) is 4.35. The normalized spacial score (nSPS) is 11.3. The molecule has 5 heterocycles. The van der Waals surface area contributed by atoms with Crippen molar-refractivity contribution in [3.8, 4) is 45.3 Å². The molecule has 7 heteroatoms. The van der Waals surface area contributed by atoms with Crippen molar-refractivity contribution in [1.82, 2.24) is 34.9 Å². The summed E-state index contributed by atoms with van der Waals surface area (Å²) >= 11 is 0. The van der Waals surface area contributed by atoms with Crippen LogP contribution in [0.3, 0.4) is 0 Å². The number of rotatable bonds is 4. The zero-order chi connectivity index (χ0) is 23.9. The van der Waals surface area contributed by atoms with Crippen LogP contribution in [0.15, 0.2) is 104 Å². The van der Waals surface area contributed by atoms with E-state index < -0.39 is 0 Å². The van der Waals surface area contributed by atoms with Crippen molar-refractivity contribution in [1.29, 1.82) is 0 Å². The number of aromatic amines is 2. The number of pyridine rings is 3. The van der Waals surface area contributed by atoms with E-state index in [0.717, 1.165) is 67.4 Å². The van der Waals surface area contributed by atoms with E-state index in [9.17, 15) is 0 Å². The third-order valence-corrected chi connectivity index (χ3v) is 6.20. The minimum Gasteiger partial charge on any atom is -0.338 e. The van der Waals surface area contributed by atoms with E-state index in [1.165, 1.54) is 0 Å². The molecule has 0 aliphatic rings. The lowest BCUT2D eigenvalue weighted by Gasteiger charge is -2.02. The van der Waals surface area contributed by atoms with Gasteiger partial charge in [0.1, 0.15) is 11.6 Å². The van der Waals surface area contributed by atoms with Crippen LogP contribution in [-0.4, -0.2) is 34.9 Å². The largest absolute Gasteiger partial charge is 0.338 e. The van der Waals surface area contributed by atoms with Crippen molar-refractivity contribution in [2.75, 3.05) is 0 Å². The average molecular weight is 466 g/mol. The molecule has 0 radical (unpaired) electrons. The fourth-order valence-electron chi connectivity index (χ4n) is 4.35. The molecule has 0 bridgehead atoms. The maximum absolute atomic E-state index is 4.77. The number of hydrogen-bond donors (Lipinski definition) is 2. The molecule has 0 aliphatic carbocycles. The van der Waals surface area contributed by atoms with Gasteiger partial charge in [-0.05, 0) is 71.8 Å². The molecule has 7 nitrogen and oxygen atoms in total.